The summed E-state index contributed by atoms with van der Waals surface area (Å²) < 4.78 is 5.58. The molecule has 0 spiro atoms. The van der Waals surface area contributed by atoms with Crippen LogP contribution in [0.2, 0.25) is 0 Å². The Hall–Kier alpha value is -1.09. The van der Waals surface area contributed by atoms with E-state index in [2.05, 4.69) is 24.1 Å². The second kappa shape index (κ2) is 12.0. The maximum absolute atomic E-state index is 5.58. The summed E-state index contributed by atoms with van der Waals surface area (Å²) in [7, 11) is 0. The van der Waals surface area contributed by atoms with Gasteiger partial charge in [-0.15, -0.1) is 0 Å². The fourth-order valence-corrected chi connectivity index (χ4v) is 1.73. The minimum atomic E-state index is 0.645. The molecule has 0 aliphatic heterocycles. The summed E-state index contributed by atoms with van der Waals surface area (Å²) >= 11 is 0. The van der Waals surface area contributed by atoms with Crippen molar-refractivity contribution in [1.29, 1.82) is 0 Å². The summed E-state index contributed by atoms with van der Waals surface area (Å²) in [5.74, 6) is 0.729. The zero-order chi connectivity index (χ0) is 14.5. The van der Waals surface area contributed by atoms with Gasteiger partial charge in [0.05, 0.1) is 6.61 Å². The Bertz CT molecular complexity index is 311. The Balaban J connectivity index is 0.00000154. The fraction of sp³-hybridized carbons (Fsp3) is 0.688. The third-order valence-electron chi connectivity index (χ3n) is 2.85. The molecule has 110 valence electrons. The zero-order valence-electron chi connectivity index (χ0n) is 13.2. The van der Waals surface area contributed by atoms with Gasteiger partial charge in [-0.1, -0.05) is 33.8 Å². The number of aryl methyl sites for hydroxylation is 1. The molecule has 0 bridgehead atoms. The monoisotopic (exact) mass is 266 g/mol. The van der Waals surface area contributed by atoms with Gasteiger partial charge < -0.3 is 10.1 Å². The number of ether oxygens (including phenoxy) is 1. The van der Waals surface area contributed by atoms with E-state index in [1.54, 1.807) is 0 Å². The molecule has 3 heteroatoms. The first kappa shape index (κ1) is 17.9. The summed E-state index contributed by atoms with van der Waals surface area (Å²) in [5.41, 5.74) is 0.998. The maximum Gasteiger partial charge on any atom is 0.213 e. The highest BCUT2D eigenvalue weighted by atomic mass is 16.5. The Labute approximate surface area is 118 Å². The maximum atomic E-state index is 5.58. The summed E-state index contributed by atoms with van der Waals surface area (Å²) in [6, 6.07) is 6.50. The lowest BCUT2D eigenvalue weighted by Crippen LogP contribution is -2.29. The van der Waals surface area contributed by atoms with E-state index in [1.165, 1.54) is 12.8 Å². The number of rotatable bonds is 8. The largest absolute Gasteiger partial charge is 0.478 e. The summed E-state index contributed by atoms with van der Waals surface area (Å²) in [4.78, 5) is 4.30. The van der Waals surface area contributed by atoms with Crippen molar-refractivity contribution in [3.8, 4) is 5.88 Å². The van der Waals surface area contributed by atoms with Crippen LogP contribution in [0.1, 0.15) is 52.7 Å². The summed E-state index contributed by atoms with van der Waals surface area (Å²) in [6.07, 6.45) is 3.40. The molecule has 1 aromatic rings. The number of pyridine rings is 1. The quantitative estimate of drug-likeness (QED) is 0.723. The average molecular weight is 266 g/mol. The van der Waals surface area contributed by atoms with Gasteiger partial charge in [0.2, 0.25) is 5.88 Å². The van der Waals surface area contributed by atoms with E-state index >= 15 is 0 Å². The van der Waals surface area contributed by atoms with Gasteiger partial charge in [-0.2, -0.15) is 0 Å². The topological polar surface area (TPSA) is 34.1 Å². The van der Waals surface area contributed by atoms with Gasteiger partial charge in [-0.05, 0) is 38.8 Å². The zero-order valence-corrected chi connectivity index (χ0v) is 13.2. The van der Waals surface area contributed by atoms with Crippen molar-refractivity contribution in [2.45, 2.75) is 59.9 Å². The first-order chi connectivity index (χ1) is 9.26. The van der Waals surface area contributed by atoms with Crippen molar-refractivity contribution < 1.29 is 4.74 Å². The van der Waals surface area contributed by atoms with Crippen LogP contribution >= 0.6 is 0 Å². The van der Waals surface area contributed by atoms with Gasteiger partial charge in [0.25, 0.3) is 0 Å². The molecule has 3 nitrogen and oxygen atoms in total. The molecule has 1 heterocycles. The lowest BCUT2D eigenvalue weighted by Gasteiger charge is -2.14. The molecule has 1 aromatic heterocycles. The van der Waals surface area contributed by atoms with E-state index in [0.29, 0.717) is 6.04 Å². The minimum Gasteiger partial charge on any atom is -0.478 e. The SMILES string of the molecule is CC.CCC(CC)NCCCOc1cccc(C)n1. The Morgan fingerprint density at radius 3 is 2.47 bits per heavy atom. The van der Waals surface area contributed by atoms with Gasteiger partial charge in [-0.25, -0.2) is 4.98 Å². The number of nitrogens with zero attached hydrogens (tertiary/aromatic N) is 1. The van der Waals surface area contributed by atoms with Crippen molar-refractivity contribution in [2.75, 3.05) is 13.2 Å². The highest BCUT2D eigenvalue weighted by molar-refractivity contribution is 5.14. The van der Waals surface area contributed by atoms with Gasteiger partial charge in [0.15, 0.2) is 0 Å². The molecule has 0 aromatic carbocycles. The molecule has 0 aliphatic carbocycles. The summed E-state index contributed by atoms with van der Waals surface area (Å²) in [5, 5.41) is 3.52. The Morgan fingerprint density at radius 2 is 1.89 bits per heavy atom. The van der Waals surface area contributed by atoms with Crippen LogP contribution in [-0.4, -0.2) is 24.2 Å². The number of aromatic nitrogens is 1. The van der Waals surface area contributed by atoms with Crippen LogP contribution in [0.5, 0.6) is 5.88 Å². The van der Waals surface area contributed by atoms with Crippen molar-refractivity contribution in [3.63, 3.8) is 0 Å². The molecule has 19 heavy (non-hydrogen) atoms. The lowest BCUT2D eigenvalue weighted by atomic mass is 10.2. The molecule has 0 fully saturated rings. The highest BCUT2D eigenvalue weighted by Crippen LogP contribution is 2.06. The molecule has 0 aliphatic rings. The van der Waals surface area contributed by atoms with Gasteiger partial charge >= 0.3 is 0 Å². The van der Waals surface area contributed by atoms with Gasteiger partial charge in [0.1, 0.15) is 0 Å². The first-order valence-corrected chi connectivity index (χ1v) is 7.56. The number of hydrogen-bond donors (Lipinski definition) is 1. The van der Waals surface area contributed by atoms with E-state index in [0.717, 1.165) is 31.1 Å². The molecule has 0 saturated heterocycles. The Kier molecular flexibility index (Phi) is 11.3. The molecule has 0 radical (unpaired) electrons. The third kappa shape index (κ3) is 8.60. The van der Waals surface area contributed by atoms with Crippen LogP contribution in [0, 0.1) is 6.92 Å². The lowest BCUT2D eigenvalue weighted by molar-refractivity contribution is 0.292. The van der Waals surface area contributed by atoms with Crippen LogP contribution in [0.4, 0.5) is 0 Å². The second-order valence-electron chi connectivity index (χ2n) is 4.29. The average Bonchev–Trinajstić information content (AvgIpc) is 2.45. The molecular weight excluding hydrogens is 236 g/mol. The number of hydrogen-bond acceptors (Lipinski definition) is 3. The number of nitrogens with one attached hydrogen (secondary N) is 1. The van der Waals surface area contributed by atoms with Crippen LogP contribution in [0.25, 0.3) is 0 Å². The molecular formula is C16H30N2O. The second-order valence-corrected chi connectivity index (χ2v) is 4.29. The standard InChI is InChI=1S/C14H24N2O.C2H6/c1-4-13(5-2)15-10-7-11-17-14-9-6-8-12(3)16-14;1-2/h6,8-9,13,15H,4-5,7,10-11H2,1-3H3;1-2H3. The van der Waals surface area contributed by atoms with Crippen molar-refractivity contribution in [1.82, 2.24) is 10.3 Å². The van der Waals surface area contributed by atoms with E-state index in [9.17, 15) is 0 Å². The van der Waals surface area contributed by atoms with E-state index in [4.69, 9.17) is 4.74 Å². The Morgan fingerprint density at radius 1 is 1.21 bits per heavy atom. The van der Waals surface area contributed by atoms with Gasteiger partial charge in [0, 0.05) is 17.8 Å². The van der Waals surface area contributed by atoms with Crippen LogP contribution in [0.15, 0.2) is 18.2 Å². The first-order valence-electron chi connectivity index (χ1n) is 7.56. The van der Waals surface area contributed by atoms with Crippen molar-refractivity contribution in [2.24, 2.45) is 0 Å². The molecule has 0 atom stereocenters. The smallest absolute Gasteiger partial charge is 0.213 e. The van der Waals surface area contributed by atoms with Crippen LogP contribution in [-0.2, 0) is 0 Å². The molecule has 0 saturated carbocycles. The predicted molar refractivity (Wildman–Crippen MR) is 82.8 cm³/mol. The molecule has 1 rings (SSSR count). The van der Waals surface area contributed by atoms with Crippen molar-refractivity contribution in [3.05, 3.63) is 23.9 Å². The highest BCUT2D eigenvalue weighted by Gasteiger charge is 2.01. The fourth-order valence-electron chi connectivity index (χ4n) is 1.73. The van der Waals surface area contributed by atoms with Gasteiger partial charge in [-0.3, -0.25) is 0 Å². The third-order valence-corrected chi connectivity index (χ3v) is 2.85. The van der Waals surface area contributed by atoms with E-state index in [-0.39, 0.29) is 0 Å². The molecule has 0 unspecified atom stereocenters. The van der Waals surface area contributed by atoms with E-state index < -0.39 is 0 Å². The van der Waals surface area contributed by atoms with Crippen molar-refractivity contribution >= 4 is 0 Å². The molecule has 0 amide bonds. The molecule has 1 N–H and O–H groups in total. The van der Waals surface area contributed by atoms with Crippen LogP contribution in [0.3, 0.4) is 0 Å². The minimum absolute atomic E-state index is 0.645. The summed E-state index contributed by atoms with van der Waals surface area (Å²) in [6.45, 7) is 12.1. The van der Waals surface area contributed by atoms with Crippen LogP contribution < -0.4 is 10.1 Å². The van der Waals surface area contributed by atoms with E-state index in [1.807, 2.05) is 39.0 Å². The normalized spacial score (nSPS) is 10.0. The predicted octanol–water partition coefficient (Wildman–Crippen LogP) is 3.96.